The number of rotatable bonds is 7. The van der Waals surface area contributed by atoms with Gasteiger partial charge in [0.25, 0.3) is 0 Å². The van der Waals surface area contributed by atoms with Crippen LogP contribution in [-0.4, -0.2) is 16.5 Å². The second-order valence-electron chi connectivity index (χ2n) is 8.96. The van der Waals surface area contributed by atoms with E-state index in [0.717, 1.165) is 22.1 Å². The zero-order valence-corrected chi connectivity index (χ0v) is 15.1. The monoisotopic (exact) mass is 306 g/mol. The van der Waals surface area contributed by atoms with E-state index in [4.69, 9.17) is 0 Å². The minimum atomic E-state index is 0.335. The van der Waals surface area contributed by atoms with Crippen molar-refractivity contribution in [2.75, 3.05) is 6.16 Å². The van der Waals surface area contributed by atoms with E-state index < -0.39 is 0 Å². The average molecular weight is 306 g/mol. The number of hydrogen-bond acceptors (Lipinski definition) is 0. The molecule has 0 atom stereocenters. The first kappa shape index (κ1) is 15.0. The Labute approximate surface area is 133 Å². The van der Waals surface area contributed by atoms with Crippen LogP contribution in [0.3, 0.4) is 0 Å². The Morgan fingerprint density at radius 2 is 1.29 bits per heavy atom. The quantitative estimate of drug-likeness (QED) is 0.362. The van der Waals surface area contributed by atoms with Crippen molar-refractivity contribution in [3.8, 4) is 0 Å². The molecule has 4 bridgehead atoms. The second kappa shape index (κ2) is 5.81. The zero-order chi connectivity index (χ0) is 14.3. The Balaban J connectivity index is 1.51. The zero-order valence-electron chi connectivity index (χ0n) is 14.2. The van der Waals surface area contributed by atoms with Crippen molar-refractivity contribution in [1.82, 2.24) is 0 Å². The van der Waals surface area contributed by atoms with Gasteiger partial charge in [0.2, 0.25) is 0 Å². The van der Waals surface area contributed by atoms with Gasteiger partial charge in [-0.2, -0.15) is 0 Å². The van der Waals surface area contributed by atoms with Crippen molar-refractivity contribution in [3.63, 3.8) is 0 Å². The third-order valence-electron chi connectivity index (χ3n) is 7.79. The van der Waals surface area contributed by atoms with Gasteiger partial charge < -0.3 is 0 Å². The Morgan fingerprint density at radius 1 is 0.762 bits per heavy atom. The first-order chi connectivity index (χ1) is 10.3. The summed E-state index contributed by atoms with van der Waals surface area (Å²) in [6.45, 7) is 2.36. The maximum absolute atomic E-state index is 2.36. The van der Waals surface area contributed by atoms with E-state index in [1.807, 2.05) is 0 Å². The van der Waals surface area contributed by atoms with Gasteiger partial charge in [0.15, 0.2) is 0 Å². The predicted octanol–water partition coefficient (Wildman–Crippen LogP) is 6.71. The molecule has 0 amide bonds. The highest BCUT2D eigenvalue weighted by Crippen LogP contribution is 2.77. The molecular formula is C20H35P. The van der Waals surface area contributed by atoms with Gasteiger partial charge >= 0.3 is 0 Å². The van der Waals surface area contributed by atoms with Gasteiger partial charge in [-0.3, -0.25) is 0 Å². The smallest absolute Gasteiger partial charge is 0.00866 e. The standard InChI is InChI=1S/C20H35P/c1-2-3-4-5-14-21(19-10-6-17(15-19)7-11-19)20-12-8-18(16-20)9-13-20/h17-18H,2-16H2,1H3. The van der Waals surface area contributed by atoms with Crippen LogP contribution in [0.5, 0.6) is 0 Å². The van der Waals surface area contributed by atoms with E-state index >= 15 is 0 Å². The summed E-state index contributed by atoms with van der Waals surface area (Å²) < 4.78 is 0. The summed E-state index contributed by atoms with van der Waals surface area (Å²) in [6, 6.07) is 0. The molecule has 0 unspecified atom stereocenters. The van der Waals surface area contributed by atoms with Crippen molar-refractivity contribution < 1.29 is 0 Å². The van der Waals surface area contributed by atoms with E-state index in [0.29, 0.717) is 7.92 Å². The number of unbranched alkanes of at least 4 members (excludes halogenated alkanes) is 3. The molecule has 120 valence electrons. The van der Waals surface area contributed by atoms with Crippen LogP contribution in [-0.2, 0) is 0 Å². The van der Waals surface area contributed by atoms with E-state index in [2.05, 4.69) is 6.92 Å². The molecule has 4 aliphatic carbocycles. The van der Waals surface area contributed by atoms with Crippen LogP contribution in [0.25, 0.3) is 0 Å². The van der Waals surface area contributed by atoms with Crippen molar-refractivity contribution >= 4 is 7.92 Å². The van der Waals surface area contributed by atoms with Crippen LogP contribution in [0.1, 0.15) is 96.8 Å². The van der Waals surface area contributed by atoms with Gasteiger partial charge in [-0.05, 0) is 98.9 Å². The van der Waals surface area contributed by atoms with E-state index in [1.54, 1.807) is 76.8 Å². The van der Waals surface area contributed by atoms with Crippen LogP contribution in [0.2, 0.25) is 0 Å². The van der Waals surface area contributed by atoms with Gasteiger partial charge in [0.1, 0.15) is 0 Å². The lowest BCUT2D eigenvalue weighted by Gasteiger charge is -2.48. The van der Waals surface area contributed by atoms with Crippen LogP contribution in [0, 0.1) is 11.8 Å². The first-order valence-electron chi connectivity index (χ1n) is 10.0. The molecule has 0 heterocycles. The van der Waals surface area contributed by atoms with Gasteiger partial charge in [-0.25, -0.2) is 0 Å². The van der Waals surface area contributed by atoms with Gasteiger partial charge in [0.05, 0.1) is 0 Å². The van der Waals surface area contributed by atoms with E-state index in [-0.39, 0.29) is 0 Å². The molecule has 4 saturated carbocycles. The fraction of sp³-hybridized carbons (Fsp3) is 1.00. The van der Waals surface area contributed by atoms with Gasteiger partial charge in [-0.1, -0.05) is 34.1 Å². The molecule has 0 N–H and O–H groups in total. The molecule has 0 aromatic carbocycles. The third-order valence-corrected chi connectivity index (χ3v) is 12.1. The van der Waals surface area contributed by atoms with Crippen molar-refractivity contribution in [2.24, 2.45) is 11.8 Å². The first-order valence-corrected chi connectivity index (χ1v) is 11.6. The Morgan fingerprint density at radius 3 is 1.67 bits per heavy atom. The molecule has 1 heteroatoms. The van der Waals surface area contributed by atoms with Crippen LogP contribution < -0.4 is 0 Å². The maximum Gasteiger partial charge on any atom is -0.00866 e. The predicted molar refractivity (Wildman–Crippen MR) is 94.5 cm³/mol. The summed E-state index contributed by atoms with van der Waals surface area (Å²) in [7, 11) is 0.335. The number of hydrogen-bond donors (Lipinski definition) is 0. The summed E-state index contributed by atoms with van der Waals surface area (Å²) in [5, 5.41) is 1.79. The largest absolute Gasteiger partial charge is 0.0939 e. The molecule has 0 aliphatic heterocycles. The molecule has 21 heavy (non-hydrogen) atoms. The normalized spacial score (nSPS) is 45.6. The molecule has 0 aromatic heterocycles. The Bertz CT molecular complexity index is 328. The lowest BCUT2D eigenvalue weighted by atomic mass is 9.99. The molecule has 0 aromatic rings. The van der Waals surface area contributed by atoms with Crippen LogP contribution in [0.15, 0.2) is 0 Å². The topological polar surface area (TPSA) is 0 Å². The average Bonchev–Trinajstić information content (AvgIpc) is 3.27. The van der Waals surface area contributed by atoms with E-state index in [9.17, 15) is 0 Å². The summed E-state index contributed by atoms with van der Waals surface area (Å²) >= 11 is 0. The molecule has 4 fully saturated rings. The highest BCUT2D eigenvalue weighted by molar-refractivity contribution is 7.61. The third kappa shape index (κ3) is 2.52. The highest BCUT2D eigenvalue weighted by Gasteiger charge is 2.58. The summed E-state index contributed by atoms with van der Waals surface area (Å²) in [4.78, 5) is 0. The van der Waals surface area contributed by atoms with Gasteiger partial charge in [-0.15, -0.1) is 0 Å². The minimum Gasteiger partial charge on any atom is -0.0939 e. The van der Waals surface area contributed by atoms with E-state index in [1.165, 1.54) is 19.3 Å². The highest BCUT2D eigenvalue weighted by atomic mass is 31.1. The fourth-order valence-electron chi connectivity index (χ4n) is 6.76. The van der Waals surface area contributed by atoms with Crippen molar-refractivity contribution in [3.05, 3.63) is 0 Å². The Kier molecular flexibility index (Phi) is 4.15. The number of fused-ring (bicyclic) bond motifs is 4. The molecule has 0 spiro atoms. The lowest BCUT2D eigenvalue weighted by molar-refractivity contribution is 0.471. The Hall–Kier alpha value is 0.430. The van der Waals surface area contributed by atoms with Gasteiger partial charge in [0, 0.05) is 0 Å². The SMILES string of the molecule is CCCCCCP(C12CCC(CC1)C2)C12CCC(CC1)C2. The van der Waals surface area contributed by atoms with Crippen molar-refractivity contribution in [2.45, 2.75) is 107 Å². The van der Waals surface area contributed by atoms with Crippen LogP contribution >= 0.6 is 7.92 Å². The van der Waals surface area contributed by atoms with Crippen LogP contribution in [0.4, 0.5) is 0 Å². The molecule has 0 saturated heterocycles. The maximum atomic E-state index is 2.36. The summed E-state index contributed by atoms with van der Waals surface area (Å²) in [6.07, 6.45) is 24.0. The molecule has 4 rings (SSSR count). The molecular weight excluding hydrogens is 271 g/mol. The minimum absolute atomic E-state index is 0.335. The lowest BCUT2D eigenvalue weighted by Crippen LogP contribution is -2.34. The molecule has 0 nitrogen and oxygen atoms in total. The summed E-state index contributed by atoms with van der Waals surface area (Å²) in [5.74, 6) is 2.31. The van der Waals surface area contributed by atoms with Crippen molar-refractivity contribution in [1.29, 1.82) is 0 Å². The second-order valence-corrected chi connectivity index (χ2v) is 12.2. The fourth-order valence-corrected chi connectivity index (χ4v) is 11.8. The molecule has 4 aliphatic rings. The summed E-state index contributed by atoms with van der Waals surface area (Å²) in [5.41, 5.74) is 0. The molecule has 0 radical (unpaired) electrons.